The lowest BCUT2D eigenvalue weighted by molar-refractivity contribution is -0.130. The van der Waals surface area contributed by atoms with Gasteiger partial charge in [-0.3, -0.25) is 14.2 Å². The van der Waals surface area contributed by atoms with Gasteiger partial charge in [-0.15, -0.1) is 0 Å². The maximum absolute atomic E-state index is 12.4. The lowest BCUT2D eigenvalue weighted by Crippen LogP contribution is -2.34. The molecule has 22 heavy (non-hydrogen) atoms. The van der Waals surface area contributed by atoms with Gasteiger partial charge in [0.2, 0.25) is 5.91 Å². The van der Waals surface area contributed by atoms with Gasteiger partial charge in [0.25, 0.3) is 5.56 Å². The number of hydrogen-bond donors (Lipinski definition) is 1. The van der Waals surface area contributed by atoms with Crippen molar-refractivity contribution in [1.82, 2.24) is 19.8 Å². The van der Waals surface area contributed by atoms with Gasteiger partial charge in [-0.05, 0) is 25.2 Å². The fraction of sp³-hybridized carbons (Fsp3) is 0.400. The summed E-state index contributed by atoms with van der Waals surface area (Å²) in [6.45, 7) is 1.72. The minimum Gasteiger partial charge on any atom is -0.344 e. The Morgan fingerprint density at radius 2 is 2.23 bits per heavy atom. The molecule has 2 aromatic rings. The molecule has 0 saturated carbocycles. The summed E-state index contributed by atoms with van der Waals surface area (Å²) < 4.78 is 2.32. The van der Waals surface area contributed by atoms with Gasteiger partial charge in [0.15, 0.2) is 0 Å². The van der Waals surface area contributed by atoms with Gasteiger partial charge in [-0.1, -0.05) is 15.9 Å². The molecule has 0 saturated heterocycles. The summed E-state index contributed by atoms with van der Waals surface area (Å²) in [4.78, 5) is 30.3. The molecule has 6 nitrogen and oxygen atoms in total. The number of aromatic nitrogens is 2. The summed E-state index contributed by atoms with van der Waals surface area (Å²) in [6.07, 6.45) is 1.78. The van der Waals surface area contributed by atoms with Gasteiger partial charge in [0.1, 0.15) is 0 Å². The van der Waals surface area contributed by atoms with Gasteiger partial charge in [0, 0.05) is 37.6 Å². The Morgan fingerprint density at radius 1 is 1.45 bits per heavy atom. The molecule has 0 bridgehead atoms. The number of hydrogen-bond acceptors (Lipinski definition) is 4. The molecule has 0 aliphatic rings. The van der Waals surface area contributed by atoms with E-state index in [1.807, 2.05) is 13.1 Å². The lowest BCUT2D eigenvalue weighted by atomic mass is 10.2. The van der Waals surface area contributed by atoms with E-state index in [0.717, 1.165) is 11.0 Å². The Kier molecular flexibility index (Phi) is 5.68. The Hall–Kier alpha value is -1.73. The second-order valence-electron chi connectivity index (χ2n) is 5.07. The average Bonchev–Trinajstić information content (AvgIpc) is 2.52. The van der Waals surface area contributed by atoms with Crippen LogP contribution in [0.25, 0.3) is 10.9 Å². The van der Waals surface area contributed by atoms with Crippen molar-refractivity contribution >= 4 is 32.7 Å². The molecule has 1 aromatic heterocycles. The van der Waals surface area contributed by atoms with E-state index in [4.69, 9.17) is 0 Å². The average molecular weight is 367 g/mol. The smallest absolute Gasteiger partial charge is 0.261 e. The topological polar surface area (TPSA) is 67.2 Å². The van der Waals surface area contributed by atoms with E-state index in [9.17, 15) is 9.59 Å². The van der Waals surface area contributed by atoms with Gasteiger partial charge in [0.05, 0.1) is 17.2 Å². The van der Waals surface area contributed by atoms with Crippen LogP contribution in [0.1, 0.15) is 6.42 Å². The number of aryl methyl sites for hydroxylation is 1. The number of fused-ring (bicyclic) bond motifs is 1. The fourth-order valence-electron chi connectivity index (χ4n) is 2.10. The molecular formula is C15H19BrN4O2. The first-order chi connectivity index (χ1) is 10.5. The maximum atomic E-state index is 12.4. The second kappa shape index (κ2) is 7.51. The molecule has 0 aliphatic heterocycles. The SMILES string of the molecule is CNCCN(C)C(=O)CCn1cnc2ccc(Br)cc2c1=O. The molecule has 0 unspecified atom stereocenters. The number of benzene rings is 1. The van der Waals surface area contributed by atoms with Crippen molar-refractivity contribution in [3.8, 4) is 0 Å². The van der Waals surface area contributed by atoms with Crippen LogP contribution in [0.4, 0.5) is 0 Å². The Balaban J connectivity index is 2.10. The van der Waals surface area contributed by atoms with Crippen LogP contribution in [0.15, 0.2) is 33.8 Å². The molecule has 1 amide bonds. The number of carbonyl (C=O) groups excluding carboxylic acids is 1. The van der Waals surface area contributed by atoms with Crippen LogP contribution in [0, 0.1) is 0 Å². The van der Waals surface area contributed by atoms with Crippen molar-refractivity contribution < 1.29 is 4.79 Å². The molecule has 0 aliphatic carbocycles. The van der Waals surface area contributed by atoms with E-state index in [1.54, 1.807) is 24.1 Å². The third-order valence-electron chi connectivity index (χ3n) is 3.48. The van der Waals surface area contributed by atoms with E-state index in [-0.39, 0.29) is 17.9 Å². The third kappa shape index (κ3) is 3.92. The summed E-state index contributed by atoms with van der Waals surface area (Å²) >= 11 is 3.35. The summed E-state index contributed by atoms with van der Waals surface area (Å²) in [6, 6.07) is 5.39. The number of rotatable bonds is 6. The molecule has 118 valence electrons. The third-order valence-corrected chi connectivity index (χ3v) is 3.97. The fourth-order valence-corrected chi connectivity index (χ4v) is 2.46. The maximum Gasteiger partial charge on any atom is 0.261 e. The van der Waals surface area contributed by atoms with Crippen LogP contribution in [0.2, 0.25) is 0 Å². The van der Waals surface area contributed by atoms with Crippen molar-refractivity contribution in [3.63, 3.8) is 0 Å². The first-order valence-electron chi connectivity index (χ1n) is 7.06. The van der Waals surface area contributed by atoms with Gasteiger partial charge in [-0.2, -0.15) is 0 Å². The van der Waals surface area contributed by atoms with Gasteiger partial charge >= 0.3 is 0 Å². The largest absolute Gasteiger partial charge is 0.344 e. The van der Waals surface area contributed by atoms with E-state index < -0.39 is 0 Å². The normalized spacial score (nSPS) is 10.9. The number of carbonyl (C=O) groups is 1. The molecule has 2 rings (SSSR count). The van der Waals surface area contributed by atoms with Crippen LogP contribution in [-0.2, 0) is 11.3 Å². The Morgan fingerprint density at radius 3 is 2.95 bits per heavy atom. The zero-order valence-electron chi connectivity index (χ0n) is 12.7. The highest BCUT2D eigenvalue weighted by Crippen LogP contribution is 2.14. The molecule has 1 heterocycles. The predicted octanol–water partition coefficient (Wildman–Crippen LogP) is 1.23. The number of nitrogens with zero attached hydrogens (tertiary/aromatic N) is 3. The molecule has 0 spiro atoms. The van der Waals surface area contributed by atoms with E-state index in [1.165, 1.54) is 10.9 Å². The number of likely N-dealkylation sites (N-methyl/N-ethyl adjacent to an activating group) is 2. The van der Waals surface area contributed by atoms with Crippen molar-refractivity contribution in [3.05, 3.63) is 39.4 Å². The highest BCUT2D eigenvalue weighted by Gasteiger charge is 2.10. The Bertz CT molecular complexity index is 729. The molecular weight excluding hydrogens is 348 g/mol. The number of amides is 1. The minimum absolute atomic E-state index is 0.0106. The molecule has 0 atom stereocenters. The minimum atomic E-state index is -0.128. The highest BCUT2D eigenvalue weighted by atomic mass is 79.9. The van der Waals surface area contributed by atoms with E-state index >= 15 is 0 Å². The number of nitrogens with one attached hydrogen (secondary N) is 1. The van der Waals surface area contributed by atoms with Crippen molar-refractivity contribution in [2.24, 2.45) is 0 Å². The van der Waals surface area contributed by atoms with Crippen LogP contribution in [-0.4, -0.2) is 47.5 Å². The van der Waals surface area contributed by atoms with Crippen molar-refractivity contribution in [2.75, 3.05) is 27.2 Å². The molecule has 1 N–H and O–H groups in total. The standard InChI is InChI=1S/C15H19BrN4O2/c1-17-6-8-19(2)14(21)5-7-20-10-18-13-4-3-11(16)9-12(13)15(20)22/h3-4,9-10,17H,5-8H2,1-2H3. The molecule has 0 fully saturated rings. The monoisotopic (exact) mass is 366 g/mol. The summed E-state index contributed by atoms with van der Waals surface area (Å²) in [5.41, 5.74) is 0.527. The van der Waals surface area contributed by atoms with Crippen LogP contribution in [0.3, 0.4) is 0 Å². The van der Waals surface area contributed by atoms with Crippen LogP contribution >= 0.6 is 15.9 Å². The molecule has 1 aromatic carbocycles. The summed E-state index contributed by atoms with van der Waals surface area (Å²) in [5, 5.41) is 3.55. The van der Waals surface area contributed by atoms with Crippen LogP contribution < -0.4 is 10.9 Å². The lowest BCUT2D eigenvalue weighted by Gasteiger charge is -2.17. The van der Waals surface area contributed by atoms with Crippen molar-refractivity contribution in [2.45, 2.75) is 13.0 Å². The highest BCUT2D eigenvalue weighted by molar-refractivity contribution is 9.10. The Labute approximate surface area is 137 Å². The first kappa shape index (κ1) is 16.6. The predicted molar refractivity (Wildman–Crippen MR) is 89.9 cm³/mol. The van der Waals surface area contributed by atoms with E-state index in [0.29, 0.717) is 24.0 Å². The van der Waals surface area contributed by atoms with Crippen molar-refractivity contribution in [1.29, 1.82) is 0 Å². The molecule has 0 radical (unpaired) electrons. The van der Waals surface area contributed by atoms with Crippen LogP contribution in [0.5, 0.6) is 0 Å². The first-order valence-corrected chi connectivity index (χ1v) is 7.85. The summed E-state index contributed by atoms with van der Waals surface area (Å²) in [5.74, 6) is 0.0106. The number of halogens is 1. The zero-order valence-corrected chi connectivity index (χ0v) is 14.3. The zero-order chi connectivity index (χ0) is 16.1. The quantitative estimate of drug-likeness (QED) is 0.834. The second-order valence-corrected chi connectivity index (χ2v) is 5.99. The molecule has 7 heteroatoms. The van der Waals surface area contributed by atoms with Gasteiger partial charge < -0.3 is 10.2 Å². The van der Waals surface area contributed by atoms with E-state index in [2.05, 4.69) is 26.2 Å². The van der Waals surface area contributed by atoms with Gasteiger partial charge in [-0.25, -0.2) is 4.98 Å². The summed E-state index contributed by atoms with van der Waals surface area (Å²) in [7, 11) is 3.61.